The molecule has 1 saturated heterocycles. The second kappa shape index (κ2) is 6.92. The van der Waals surface area contributed by atoms with E-state index >= 15 is 0 Å². The van der Waals surface area contributed by atoms with Crippen molar-refractivity contribution in [1.82, 2.24) is 5.43 Å². The summed E-state index contributed by atoms with van der Waals surface area (Å²) in [6.07, 6.45) is 0. The van der Waals surface area contributed by atoms with E-state index in [0.29, 0.717) is 25.8 Å². The summed E-state index contributed by atoms with van der Waals surface area (Å²) in [5, 5.41) is 2.86. The summed E-state index contributed by atoms with van der Waals surface area (Å²) in [6, 6.07) is 5.74. The van der Waals surface area contributed by atoms with Crippen LogP contribution in [-0.2, 0) is 0 Å². The van der Waals surface area contributed by atoms with Gasteiger partial charge in [-0.05, 0) is 11.6 Å². The molecule has 1 aliphatic rings. The van der Waals surface area contributed by atoms with Crippen molar-refractivity contribution in [2.75, 3.05) is 5.75 Å². The van der Waals surface area contributed by atoms with Crippen molar-refractivity contribution in [3.63, 3.8) is 0 Å². The van der Waals surface area contributed by atoms with Gasteiger partial charge in [0.2, 0.25) is 0 Å². The fourth-order valence-corrected chi connectivity index (χ4v) is 5.66. The van der Waals surface area contributed by atoms with Gasteiger partial charge in [-0.1, -0.05) is 49.2 Å². The number of thioether (sulfide) groups is 2. The Labute approximate surface area is 133 Å². The van der Waals surface area contributed by atoms with Crippen molar-refractivity contribution in [2.24, 2.45) is 5.84 Å². The maximum absolute atomic E-state index is 6.31. The zero-order chi connectivity index (χ0) is 14.0. The van der Waals surface area contributed by atoms with Crippen molar-refractivity contribution in [3.05, 3.63) is 33.8 Å². The molecule has 2 rings (SSSR count). The lowest BCUT2D eigenvalue weighted by Crippen LogP contribution is -2.40. The average molecular weight is 337 g/mol. The van der Waals surface area contributed by atoms with E-state index in [4.69, 9.17) is 29.0 Å². The minimum Gasteiger partial charge on any atom is -0.271 e. The molecular weight excluding hydrogens is 319 g/mol. The number of hydrogen-bond donors (Lipinski definition) is 2. The van der Waals surface area contributed by atoms with Crippen LogP contribution < -0.4 is 11.3 Å². The van der Waals surface area contributed by atoms with Gasteiger partial charge in [-0.2, -0.15) is 23.5 Å². The molecule has 106 valence electrons. The molecule has 1 fully saturated rings. The van der Waals surface area contributed by atoms with Gasteiger partial charge in [-0.25, -0.2) is 0 Å². The molecule has 1 aromatic carbocycles. The van der Waals surface area contributed by atoms with Crippen molar-refractivity contribution >= 4 is 46.7 Å². The Kier molecular flexibility index (Phi) is 5.76. The summed E-state index contributed by atoms with van der Waals surface area (Å²) in [6.45, 7) is 4.54. The fraction of sp³-hybridized carbons (Fsp3) is 0.538. The Hall–Kier alpha value is 0.420. The molecule has 1 aromatic rings. The summed E-state index contributed by atoms with van der Waals surface area (Å²) in [7, 11) is 0. The Morgan fingerprint density at radius 2 is 2.05 bits per heavy atom. The summed E-state index contributed by atoms with van der Waals surface area (Å²) >= 11 is 16.4. The third kappa shape index (κ3) is 3.55. The Bertz CT molecular complexity index is 445. The second-order valence-electron chi connectivity index (χ2n) is 4.71. The SMILES string of the molecule is CC1SCC(C(NN)c2cccc(Cl)c2Cl)SC1C. The topological polar surface area (TPSA) is 38.0 Å². The van der Waals surface area contributed by atoms with E-state index < -0.39 is 0 Å². The molecule has 1 aliphatic heterocycles. The highest BCUT2D eigenvalue weighted by atomic mass is 35.5. The standard InChI is InChI=1S/C13H18Cl2N2S2/c1-7-8(2)19-11(6-18-7)13(17-16)9-4-3-5-10(14)12(9)15/h3-5,7-8,11,13,17H,6,16H2,1-2H3. The molecule has 2 nitrogen and oxygen atoms in total. The van der Waals surface area contributed by atoms with Crippen LogP contribution in [0.5, 0.6) is 0 Å². The molecule has 4 atom stereocenters. The lowest BCUT2D eigenvalue weighted by Gasteiger charge is -2.36. The highest BCUT2D eigenvalue weighted by Crippen LogP contribution is 2.42. The lowest BCUT2D eigenvalue weighted by molar-refractivity contribution is 0.550. The first-order valence-corrected chi connectivity index (χ1v) is 8.96. The first-order valence-electron chi connectivity index (χ1n) is 6.21. The van der Waals surface area contributed by atoms with Crippen molar-refractivity contribution < 1.29 is 0 Å². The zero-order valence-electron chi connectivity index (χ0n) is 10.9. The lowest BCUT2D eigenvalue weighted by atomic mass is 10.0. The molecule has 0 amide bonds. The molecule has 19 heavy (non-hydrogen) atoms. The maximum Gasteiger partial charge on any atom is 0.0641 e. The number of nitrogens with two attached hydrogens (primary N) is 1. The highest BCUT2D eigenvalue weighted by Gasteiger charge is 2.32. The smallest absolute Gasteiger partial charge is 0.0641 e. The van der Waals surface area contributed by atoms with Crippen LogP contribution in [0.3, 0.4) is 0 Å². The number of benzene rings is 1. The molecule has 0 aromatic heterocycles. The predicted octanol–water partition coefficient (Wildman–Crippen LogP) is 4.12. The number of hydrazine groups is 1. The quantitative estimate of drug-likeness (QED) is 0.643. The van der Waals surface area contributed by atoms with E-state index in [1.54, 1.807) is 6.07 Å². The van der Waals surface area contributed by atoms with E-state index in [-0.39, 0.29) is 6.04 Å². The average Bonchev–Trinajstić information content (AvgIpc) is 2.39. The number of nitrogens with one attached hydrogen (secondary N) is 1. The van der Waals surface area contributed by atoms with Crippen LogP contribution in [0.4, 0.5) is 0 Å². The van der Waals surface area contributed by atoms with Crippen LogP contribution in [0.2, 0.25) is 10.0 Å². The number of halogens is 2. The molecule has 0 radical (unpaired) electrons. The van der Waals surface area contributed by atoms with Crippen molar-refractivity contribution in [1.29, 1.82) is 0 Å². The van der Waals surface area contributed by atoms with Gasteiger partial charge >= 0.3 is 0 Å². The molecule has 0 spiro atoms. The van der Waals surface area contributed by atoms with Crippen molar-refractivity contribution in [2.45, 2.75) is 35.6 Å². The molecule has 6 heteroatoms. The fourth-order valence-electron chi connectivity index (χ4n) is 2.14. The third-order valence-electron chi connectivity index (χ3n) is 3.44. The van der Waals surface area contributed by atoms with E-state index in [1.807, 2.05) is 35.7 Å². The van der Waals surface area contributed by atoms with E-state index in [9.17, 15) is 0 Å². The minimum absolute atomic E-state index is 0.0265. The van der Waals surface area contributed by atoms with Gasteiger partial charge in [-0.3, -0.25) is 11.3 Å². The van der Waals surface area contributed by atoms with Gasteiger partial charge in [0.15, 0.2) is 0 Å². The van der Waals surface area contributed by atoms with Crippen LogP contribution in [0.1, 0.15) is 25.5 Å². The third-order valence-corrected chi connectivity index (χ3v) is 7.77. The monoisotopic (exact) mass is 336 g/mol. The Morgan fingerprint density at radius 1 is 1.32 bits per heavy atom. The predicted molar refractivity (Wildman–Crippen MR) is 89.3 cm³/mol. The Balaban J connectivity index is 2.22. The first kappa shape index (κ1) is 15.8. The van der Waals surface area contributed by atoms with E-state index in [0.717, 1.165) is 11.3 Å². The Morgan fingerprint density at radius 3 is 2.68 bits per heavy atom. The molecule has 0 bridgehead atoms. The normalized spacial score (nSPS) is 29.2. The highest BCUT2D eigenvalue weighted by molar-refractivity contribution is 8.07. The van der Waals surface area contributed by atoms with E-state index in [1.165, 1.54) is 0 Å². The van der Waals surface area contributed by atoms with Crippen LogP contribution in [0.15, 0.2) is 18.2 Å². The first-order chi connectivity index (χ1) is 9.04. The van der Waals surface area contributed by atoms with Crippen LogP contribution in [-0.4, -0.2) is 21.5 Å². The number of rotatable bonds is 3. The van der Waals surface area contributed by atoms with Crippen LogP contribution in [0.25, 0.3) is 0 Å². The second-order valence-corrected chi connectivity index (χ2v) is 8.52. The van der Waals surface area contributed by atoms with Gasteiger partial charge in [-0.15, -0.1) is 0 Å². The molecule has 0 aliphatic carbocycles. The van der Waals surface area contributed by atoms with Gasteiger partial charge < -0.3 is 0 Å². The van der Waals surface area contributed by atoms with Crippen LogP contribution in [0, 0.1) is 0 Å². The van der Waals surface area contributed by atoms with Gasteiger partial charge in [0, 0.05) is 21.5 Å². The molecular formula is C13H18Cl2N2S2. The molecule has 3 N–H and O–H groups in total. The molecule has 1 heterocycles. The molecule has 0 saturated carbocycles. The summed E-state index contributed by atoms with van der Waals surface area (Å²) < 4.78 is 0. The summed E-state index contributed by atoms with van der Waals surface area (Å²) in [4.78, 5) is 0. The van der Waals surface area contributed by atoms with Gasteiger partial charge in [0.25, 0.3) is 0 Å². The molecule has 4 unspecified atom stereocenters. The van der Waals surface area contributed by atoms with Gasteiger partial charge in [0.1, 0.15) is 0 Å². The summed E-state index contributed by atoms with van der Waals surface area (Å²) in [5.74, 6) is 6.82. The van der Waals surface area contributed by atoms with Gasteiger partial charge in [0.05, 0.1) is 16.1 Å². The maximum atomic E-state index is 6.31. The largest absolute Gasteiger partial charge is 0.271 e. The van der Waals surface area contributed by atoms with Crippen LogP contribution >= 0.6 is 46.7 Å². The number of hydrogen-bond acceptors (Lipinski definition) is 4. The minimum atomic E-state index is 0.0265. The van der Waals surface area contributed by atoms with E-state index in [2.05, 4.69) is 19.3 Å². The zero-order valence-corrected chi connectivity index (χ0v) is 14.0. The van der Waals surface area contributed by atoms with Crippen molar-refractivity contribution in [3.8, 4) is 0 Å². The summed E-state index contributed by atoms with van der Waals surface area (Å²) in [5.41, 5.74) is 3.90.